The van der Waals surface area contributed by atoms with Gasteiger partial charge in [0.05, 0.1) is 12.7 Å². The molecule has 0 fully saturated rings. The van der Waals surface area contributed by atoms with Crippen molar-refractivity contribution in [3.8, 4) is 0 Å². The van der Waals surface area contributed by atoms with E-state index in [1.165, 1.54) is 18.6 Å². The Labute approximate surface area is 132 Å². The van der Waals surface area contributed by atoms with Crippen molar-refractivity contribution in [3.05, 3.63) is 16.3 Å². The Balaban J connectivity index is 2.83. The molecule has 1 rings (SSSR count). The summed E-state index contributed by atoms with van der Waals surface area (Å²) in [5.41, 5.74) is -1.14. The number of aliphatic hydroxyl groups is 1. The van der Waals surface area contributed by atoms with Gasteiger partial charge in [0.1, 0.15) is 9.77 Å². The molecule has 0 saturated carbocycles. The van der Waals surface area contributed by atoms with Crippen LogP contribution in [0, 0.1) is 0 Å². The van der Waals surface area contributed by atoms with Crippen molar-refractivity contribution in [2.75, 3.05) is 25.7 Å². The molecule has 0 bridgehead atoms. The smallest absolute Gasteiger partial charge is 0.349 e. The molecule has 9 heteroatoms. The molecule has 0 aliphatic heterocycles. The number of sulfonamides is 1. The minimum Gasteiger partial charge on any atom is -0.465 e. The number of hydrogen-bond acceptors (Lipinski definition) is 7. The summed E-state index contributed by atoms with van der Waals surface area (Å²) >= 11 is 2.57. The molecule has 2 N–H and O–H groups in total. The Morgan fingerprint density at radius 2 is 2.24 bits per heavy atom. The van der Waals surface area contributed by atoms with E-state index in [0.29, 0.717) is 6.42 Å². The summed E-state index contributed by atoms with van der Waals surface area (Å²) in [6.45, 7) is 1.45. The first-order chi connectivity index (χ1) is 9.73. The number of ether oxygens (including phenoxy) is 1. The van der Waals surface area contributed by atoms with Gasteiger partial charge < -0.3 is 9.84 Å². The molecule has 0 saturated heterocycles. The second-order valence-corrected chi connectivity index (χ2v) is 8.31. The Morgan fingerprint density at radius 3 is 2.81 bits per heavy atom. The van der Waals surface area contributed by atoms with Gasteiger partial charge in [0.2, 0.25) is 10.0 Å². The number of thiophene rings is 1. The summed E-state index contributed by atoms with van der Waals surface area (Å²) < 4.78 is 31.4. The molecule has 1 aromatic rings. The molecular weight excluding hydrogens is 334 g/mol. The molecule has 1 aromatic heterocycles. The van der Waals surface area contributed by atoms with Crippen molar-refractivity contribution in [1.29, 1.82) is 0 Å². The number of carbonyl (C=O) groups excluding carboxylic acids is 1. The van der Waals surface area contributed by atoms with Crippen LogP contribution in [-0.2, 0) is 14.8 Å². The van der Waals surface area contributed by atoms with Crippen LogP contribution < -0.4 is 4.72 Å². The molecule has 0 unspecified atom stereocenters. The van der Waals surface area contributed by atoms with E-state index in [1.54, 1.807) is 18.7 Å². The molecule has 0 aliphatic rings. The number of methoxy groups -OCH3 is 1. The number of carbonyl (C=O) groups is 1. The summed E-state index contributed by atoms with van der Waals surface area (Å²) in [4.78, 5) is 11.4. The van der Waals surface area contributed by atoms with Gasteiger partial charge >= 0.3 is 5.97 Å². The van der Waals surface area contributed by atoms with Crippen LogP contribution in [0.1, 0.15) is 23.0 Å². The lowest BCUT2D eigenvalue weighted by Gasteiger charge is -2.23. The lowest BCUT2D eigenvalue weighted by Crippen LogP contribution is -2.41. The fourth-order valence-corrected chi connectivity index (χ4v) is 4.63. The standard InChI is InChI=1S/C12H19NO5S3/c1-12(15,5-7-19-3)8-13-21(16,17)9-4-6-20-10(9)11(14)18-2/h4,6,13,15H,5,7-8H2,1-3H3/t12-/m0/s1. The molecule has 120 valence electrons. The fraction of sp³-hybridized carbons (Fsp3) is 0.583. The van der Waals surface area contributed by atoms with Crippen LogP contribution in [0.2, 0.25) is 0 Å². The fourth-order valence-electron chi connectivity index (χ4n) is 1.49. The molecule has 0 amide bonds. The van der Waals surface area contributed by atoms with E-state index < -0.39 is 21.6 Å². The summed E-state index contributed by atoms with van der Waals surface area (Å²) in [7, 11) is -2.67. The average Bonchev–Trinajstić information content (AvgIpc) is 2.93. The second-order valence-electron chi connectivity index (χ2n) is 4.67. The maximum Gasteiger partial charge on any atom is 0.349 e. The van der Waals surface area contributed by atoms with Gasteiger partial charge in [0.15, 0.2) is 0 Å². The predicted octanol–water partition coefficient (Wildman–Crippen LogP) is 1.32. The average molecular weight is 353 g/mol. The Hall–Kier alpha value is -0.610. The number of thioether (sulfide) groups is 1. The third-order valence-electron chi connectivity index (χ3n) is 2.78. The molecule has 1 atom stereocenters. The number of rotatable bonds is 8. The zero-order valence-electron chi connectivity index (χ0n) is 12.1. The first-order valence-corrected chi connectivity index (χ1v) is 9.86. The quantitative estimate of drug-likeness (QED) is 0.685. The summed E-state index contributed by atoms with van der Waals surface area (Å²) in [6, 6.07) is 1.34. The van der Waals surface area contributed by atoms with Gasteiger partial charge in [-0.3, -0.25) is 0 Å². The first kappa shape index (κ1) is 18.4. The van der Waals surface area contributed by atoms with Crippen molar-refractivity contribution in [2.45, 2.75) is 23.8 Å². The van der Waals surface area contributed by atoms with Crippen LogP contribution in [0.15, 0.2) is 16.3 Å². The zero-order valence-corrected chi connectivity index (χ0v) is 14.5. The topological polar surface area (TPSA) is 92.7 Å². The van der Waals surface area contributed by atoms with Gasteiger partial charge in [0, 0.05) is 6.54 Å². The zero-order chi connectivity index (χ0) is 16.1. The SMILES string of the molecule is COC(=O)c1sccc1S(=O)(=O)NC[C@@](C)(O)CCSC. The van der Waals surface area contributed by atoms with E-state index in [4.69, 9.17) is 0 Å². The monoisotopic (exact) mass is 353 g/mol. The van der Waals surface area contributed by atoms with Gasteiger partial charge in [-0.25, -0.2) is 17.9 Å². The maximum absolute atomic E-state index is 12.2. The van der Waals surface area contributed by atoms with Gasteiger partial charge in [-0.05, 0) is 36.8 Å². The molecule has 1 heterocycles. The first-order valence-electron chi connectivity index (χ1n) is 6.10. The minimum atomic E-state index is -3.87. The van der Waals surface area contributed by atoms with E-state index in [2.05, 4.69) is 9.46 Å². The van der Waals surface area contributed by atoms with Crippen LogP contribution in [0.4, 0.5) is 0 Å². The molecule has 0 aliphatic carbocycles. The highest BCUT2D eigenvalue weighted by atomic mass is 32.2. The Morgan fingerprint density at radius 1 is 1.57 bits per heavy atom. The van der Waals surface area contributed by atoms with Gasteiger partial charge in [-0.1, -0.05) is 0 Å². The molecule has 6 nitrogen and oxygen atoms in total. The van der Waals surface area contributed by atoms with Crippen molar-refractivity contribution >= 4 is 39.1 Å². The highest BCUT2D eigenvalue weighted by Gasteiger charge is 2.28. The van der Waals surface area contributed by atoms with Gasteiger partial charge in [-0.2, -0.15) is 11.8 Å². The van der Waals surface area contributed by atoms with E-state index in [1.807, 2.05) is 6.26 Å². The van der Waals surface area contributed by atoms with Crippen LogP contribution in [0.3, 0.4) is 0 Å². The number of esters is 1. The lowest BCUT2D eigenvalue weighted by atomic mass is 10.1. The highest BCUT2D eigenvalue weighted by Crippen LogP contribution is 2.23. The van der Waals surface area contributed by atoms with E-state index in [9.17, 15) is 18.3 Å². The maximum atomic E-state index is 12.2. The number of nitrogens with one attached hydrogen (secondary N) is 1. The molecule has 0 aromatic carbocycles. The Kier molecular flexibility index (Phi) is 6.67. The van der Waals surface area contributed by atoms with Gasteiger partial charge in [0.25, 0.3) is 0 Å². The summed E-state index contributed by atoms with van der Waals surface area (Å²) in [6.07, 6.45) is 2.37. The number of hydrogen-bond donors (Lipinski definition) is 2. The van der Waals surface area contributed by atoms with E-state index in [-0.39, 0.29) is 16.3 Å². The van der Waals surface area contributed by atoms with Crippen molar-refractivity contribution in [3.63, 3.8) is 0 Å². The van der Waals surface area contributed by atoms with Gasteiger partial charge in [-0.15, -0.1) is 11.3 Å². The largest absolute Gasteiger partial charge is 0.465 e. The van der Waals surface area contributed by atoms with E-state index in [0.717, 1.165) is 17.1 Å². The third kappa shape index (κ3) is 5.26. The van der Waals surface area contributed by atoms with E-state index >= 15 is 0 Å². The third-order valence-corrected chi connectivity index (χ3v) is 5.86. The highest BCUT2D eigenvalue weighted by molar-refractivity contribution is 7.98. The van der Waals surface area contributed by atoms with Crippen LogP contribution in [0.5, 0.6) is 0 Å². The Bertz CT molecular complexity index is 579. The van der Waals surface area contributed by atoms with Crippen molar-refractivity contribution < 1.29 is 23.1 Å². The lowest BCUT2D eigenvalue weighted by molar-refractivity contribution is 0.0602. The van der Waals surface area contributed by atoms with Crippen LogP contribution in [-0.4, -0.2) is 50.8 Å². The summed E-state index contributed by atoms with van der Waals surface area (Å²) in [5, 5.41) is 11.6. The molecular formula is C12H19NO5S3. The predicted molar refractivity (Wildman–Crippen MR) is 84.5 cm³/mol. The normalized spacial score (nSPS) is 14.7. The van der Waals surface area contributed by atoms with Crippen LogP contribution >= 0.6 is 23.1 Å². The summed E-state index contributed by atoms with van der Waals surface area (Å²) in [5.74, 6) is 0.0279. The molecule has 21 heavy (non-hydrogen) atoms. The molecule has 0 spiro atoms. The van der Waals surface area contributed by atoms with Crippen LogP contribution in [0.25, 0.3) is 0 Å². The molecule has 0 radical (unpaired) electrons. The second kappa shape index (κ2) is 7.59. The van der Waals surface area contributed by atoms with Crippen molar-refractivity contribution in [2.24, 2.45) is 0 Å². The minimum absolute atomic E-state index is 0.0220. The van der Waals surface area contributed by atoms with Crippen molar-refractivity contribution in [1.82, 2.24) is 4.72 Å².